The molecule has 1 N–H and O–H groups in total. The highest BCUT2D eigenvalue weighted by atomic mass is 19.1. The Morgan fingerprint density at radius 1 is 1.07 bits per heavy atom. The molecular formula is C45H40F3N7O4. The van der Waals surface area contributed by atoms with Crippen LogP contribution in [0.1, 0.15) is 53.6 Å². The van der Waals surface area contributed by atoms with E-state index in [4.69, 9.17) is 16.1 Å². The van der Waals surface area contributed by atoms with Crippen molar-refractivity contribution >= 4 is 45.0 Å². The molecule has 5 aliphatic rings. The van der Waals surface area contributed by atoms with Crippen LogP contribution >= 0.6 is 0 Å². The molecule has 3 aromatic carbocycles. The highest BCUT2D eigenvalue weighted by Crippen LogP contribution is 2.43. The summed E-state index contributed by atoms with van der Waals surface area (Å²) in [5, 5.41) is 11.6. The molecule has 0 radical (unpaired) electrons. The molecule has 7 heterocycles. The molecule has 2 amide bonds. The van der Waals surface area contributed by atoms with Crippen LogP contribution in [0.5, 0.6) is 11.8 Å². The number of amides is 2. The van der Waals surface area contributed by atoms with Crippen LogP contribution in [-0.2, 0) is 11.2 Å². The van der Waals surface area contributed by atoms with Gasteiger partial charge in [-0.05, 0) is 86.0 Å². The first kappa shape index (κ1) is 37.1. The second kappa shape index (κ2) is 14.0. The number of piperazine rings is 1. The predicted octanol–water partition coefficient (Wildman–Crippen LogP) is 6.33. The molecule has 2 aromatic heterocycles. The summed E-state index contributed by atoms with van der Waals surface area (Å²) < 4.78 is 53.3. The Bertz CT molecular complexity index is 2660. The molecule has 2 unspecified atom stereocenters. The maximum atomic E-state index is 17.2. The number of phenolic OH excluding ortho intramolecular Hbond substituents is 1. The minimum Gasteiger partial charge on any atom is -0.508 e. The standard InChI is InChI=1S/C45H40F3N7O4/c1-3-32-35(47)11-8-26-16-31(56)18-33(38(26)32)40-39(48)41-34(20-49-40)42(51-44(50-41)59-24-45-13-5-14-53(45)21-28(46)19-45)52-22-29-9-10-30(23-52)55(29)43(58)27-7-6-25-12-15-54(36(25)17-27)37(57)4-2/h1,4,6-8,11,16-18,20,28-30,56H,2,5,9-10,12-15,19,21-24H2/t28-,29?,30?,45+/m1/s1. The quantitative estimate of drug-likeness (QED) is 0.149. The van der Waals surface area contributed by atoms with Crippen molar-refractivity contribution in [2.75, 3.05) is 49.1 Å². The van der Waals surface area contributed by atoms with Crippen LogP contribution in [0, 0.1) is 24.0 Å². The summed E-state index contributed by atoms with van der Waals surface area (Å²) in [6.07, 6.45) is 11.7. The SMILES string of the molecule is C#Cc1c(F)ccc2cc(O)cc(-c3ncc4c(N5CC6CCC(C5)N6C(=O)c5ccc6c(c5)N(C(=O)C=C)CC6)nc(OC[C@@]56CCCN5C[C@H](F)C6)nc4c3F)c12. The van der Waals surface area contributed by atoms with Crippen LogP contribution in [-0.4, -0.2) is 105 Å². The van der Waals surface area contributed by atoms with Crippen LogP contribution in [0.2, 0.25) is 0 Å². The van der Waals surface area contributed by atoms with E-state index in [1.807, 2.05) is 21.9 Å². The number of hydrogen-bond acceptors (Lipinski definition) is 9. The summed E-state index contributed by atoms with van der Waals surface area (Å²) in [6.45, 7) is 6.13. The van der Waals surface area contributed by atoms with E-state index in [2.05, 4.69) is 27.4 Å². The zero-order chi connectivity index (χ0) is 40.7. The smallest absolute Gasteiger partial charge is 0.319 e. The number of alkyl halides is 1. The highest BCUT2D eigenvalue weighted by Gasteiger charge is 2.50. The Morgan fingerprint density at radius 3 is 2.66 bits per heavy atom. The average molecular weight is 800 g/mol. The molecule has 11 nitrogen and oxygen atoms in total. The molecule has 5 aliphatic heterocycles. The Hall–Kier alpha value is -6.20. The number of ether oxygens (including phenoxy) is 1. The fourth-order valence-corrected chi connectivity index (χ4v) is 10.3. The van der Waals surface area contributed by atoms with Crippen molar-refractivity contribution in [3.8, 4) is 35.4 Å². The van der Waals surface area contributed by atoms with Crippen LogP contribution in [0.25, 0.3) is 32.9 Å². The maximum Gasteiger partial charge on any atom is 0.319 e. The summed E-state index contributed by atoms with van der Waals surface area (Å²) in [7, 11) is 0. The van der Waals surface area contributed by atoms with Gasteiger partial charge in [-0.15, -0.1) is 6.42 Å². The van der Waals surface area contributed by atoms with Gasteiger partial charge in [-0.2, -0.15) is 9.97 Å². The van der Waals surface area contributed by atoms with Crippen molar-refractivity contribution in [3.05, 3.63) is 89.6 Å². The van der Waals surface area contributed by atoms with E-state index >= 15 is 8.78 Å². The number of hydrogen-bond donors (Lipinski definition) is 1. The number of aromatic nitrogens is 3. The summed E-state index contributed by atoms with van der Waals surface area (Å²) in [5.41, 5.74) is 1.38. The van der Waals surface area contributed by atoms with Crippen molar-refractivity contribution in [3.63, 3.8) is 0 Å². The van der Waals surface area contributed by atoms with Gasteiger partial charge in [0.15, 0.2) is 5.82 Å². The lowest BCUT2D eigenvalue weighted by molar-refractivity contribution is -0.114. The molecule has 4 atom stereocenters. The number of terminal acetylenes is 1. The van der Waals surface area contributed by atoms with Crippen molar-refractivity contribution < 1.29 is 32.6 Å². The number of fused-ring (bicyclic) bond motifs is 6. The number of pyridine rings is 1. The van der Waals surface area contributed by atoms with Crippen molar-refractivity contribution in [1.82, 2.24) is 24.8 Å². The zero-order valence-corrected chi connectivity index (χ0v) is 32.1. The van der Waals surface area contributed by atoms with Gasteiger partial charge in [0.25, 0.3) is 5.91 Å². The summed E-state index contributed by atoms with van der Waals surface area (Å²) >= 11 is 0. The Morgan fingerprint density at radius 2 is 1.88 bits per heavy atom. The van der Waals surface area contributed by atoms with Crippen LogP contribution in [0.15, 0.2) is 61.3 Å². The maximum absolute atomic E-state index is 17.2. The lowest BCUT2D eigenvalue weighted by atomic mass is 9.95. The first-order chi connectivity index (χ1) is 28.6. The van der Waals surface area contributed by atoms with Crippen LogP contribution in [0.3, 0.4) is 0 Å². The molecule has 59 heavy (non-hydrogen) atoms. The molecule has 5 aromatic rings. The molecule has 4 saturated heterocycles. The predicted molar refractivity (Wildman–Crippen MR) is 216 cm³/mol. The summed E-state index contributed by atoms with van der Waals surface area (Å²) in [6, 6.07) is 10.4. The van der Waals surface area contributed by atoms with Gasteiger partial charge in [0, 0.05) is 61.0 Å². The third-order valence-corrected chi connectivity index (χ3v) is 13.0. The molecule has 2 bridgehead atoms. The first-order valence-corrected chi connectivity index (χ1v) is 20.0. The normalized spacial score (nSPS) is 23.5. The molecular weight excluding hydrogens is 760 g/mol. The third-order valence-electron chi connectivity index (χ3n) is 13.0. The van der Waals surface area contributed by atoms with Crippen LogP contribution in [0.4, 0.5) is 24.7 Å². The zero-order valence-electron chi connectivity index (χ0n) is 32.1. The second-order valence-electron chi connectivity index (χ2n) is 16.3. The number of aromatic hydroxyl groups is 1. The Balaban J connectivity index is 1.03. The van der Waals surface area contributed by atoms with E-state index in [9.17, 15) is 19.1 Å². The molecule has 4 fully saturated rings. The van der Waals surface area contributed by atoms with E-state index in [1.165, 1.54) is 36.5 Å². The summed E-state index contributed by atoms with van der Waals surface area (Å²) in [5.74, 6) is 0.683. The Labute approximate surface area is 338 Å². The number of carbonyl (C=O) groups excluding carboxylic acids is 2. The average Bonchev–Trinajstić information content (AvgIpc) is 3.98. The van der Waals surface area contributed by atoms with Gasteiger partial charge < -0.3 is 24.5 Å². The minimum atomic E-state index is -0.979. The molecule has 10 rings (SSSR count). The van der Waals surface area contributed by atoms with Crippen molar-refractivity contribution in [2.45, 2.75) is 62.3 Å². The van der Waals surface area contributed by atoms with Gasteiger partial charge in [-0.3, -0.25) is 19.5 Å². The van der Waals surface area contributed by atoms with Gasteiger partial charge in [-0.25, -0.2) is 13.2 Å². The largest absolute Gasteiger partial charge is 0.508 e. The first-order valence-electron chi connectivity index (χ1n) is 20.0. The fraction of sp³-hybridized carbons (Fsp3) is 0.356. The molecule has 0 aliphatic carbocycles. The lowest BCUT2D eigenvalue weighted by Crippen LogP contribution is -2.56. The van der Waals surface area contributed by atoms with Gasteiger partial charge in [-0.1, -0.05) is 24.6 Å². The minimum absolute atomic E-state index is 0.0867. The molecule has 0 saturated carbocycles. The number of benzene rings is 3. The van der Waals surface area contributed by atoms with Crippen molar-refractivity contribution in [1.29, 1.82) is 0 Å². The van der Waals surface area contributed by atoms with Gasteiger partial charge in [0.1, 0.15) is 41.4 Å². The molecule has 0 spiro atoms. The molecule has 300 valence electrons. The molecule has 14 heteroatoms. The van der Waals surface area contributed by atoms with E-state index in [1.54, 1.807) is 11.0 Å². The second-order valence-corrected chi connectivity index (χ2v) is 16.3. The van der Waals surface area contributed by atoms with Gasteiger partial charge in [0.05, 0.1) is 28.6 Å². The number of rotatable bonds is 7. The van der Waals surface area contributed by atoms with Gasteiger partial charge >= 0.3 is 6.01 Å². The van der Waals surface area contributed by atoms with Crippen LogP contribution < -0.4 is 14.5 Å². The number of halogens is 3. The third kappa shape index (κ3) is 5.96. The lowest BCUT2D eigenvalue weighted by Gasteiger charge is -2.42. The number of nitrogens with zero attached hydrogens (tertiary/aromatic N) is 7. The van der Waals surface area contributed by atoms with Crippen molar-refractivity contribution in [2.24, 2.45) is 0 Å². The number of carbonyl (C=O) groups is 2. The monoisotopic (exact) mass is 799 g/mol. The topological polar surface area (TPSA) is 115 Å². The van der Waals surface area contributed by atoms with E-state index in [0.717, 1.165) is 43.5 Å². The van der Waals surface area contributed by atoms with E-state index < -0.39 is 23.3 Å². The highest BCUT2D eigenvalue weighted by molar-refractivity contribution is 6.05. The van der Waals surface area contributed by atoms with E-state index in [0.29, 0.717) is 61.2 Å². The van der Waals surface area contributed by atoms with Gasteiger partial charge in [0.2, 0.25) is 5.91 Å². The summed E-state index contributed by atoms with van der Waals surface area (Å²) in [4.78, 5) is 48.5. The number of phenols is 1. The van der Waals surface area contributed by atoms with E-state index in [-0.39, 0.29) is 70.0 Å². The fourth-order valence-electron chi connectivity index (χ4n) is 10.3. The Kier molecular flexibility index (Phi) is 8.79. The number of anilines is 2.